The van der Waals surface area contributed by atoms with Crippen LogP contribution in [0.15, 0.2) is 18.2 Å². The highest BCUT2D eigenvalue weighted by Crippen LogP contribution is 2.46. The van der Waals surface area contributed by atoms with Crippen molar-refractivity contribution in [3.05, 3.63) is 38.7 Å². The molecule has 0 saturated heterocycles. The summed E-state index contributed by atoms with van der Waals surface area (Å²) in [6.45, 7) is 0.327. The maximum absolute atomic E-state index is 11.0. The number of benzene rings is 1. The van der Waals surface area contributed by atoms with Gasteiger partial charge in [-0.15, -0.1) is 11.3 Å². The Bertz CT molecular complexity index is 664. The molecule has 1 aliphatic heterocycles. The lowest BCUT2D eigenvalue weighted by Gasteiger charge is -2.18. The van der Waals surface area contributed by atoms with E-state index < -0.39 is 5.97 Å². The topological polar surface area (TPSA) is 46.5 Å². The van der Waals surface area contributed by atoms with Gasteiger partial charge >= 0.3 is 5.97 Å². The third-order valence-corrected chi connectivity index (χ3v) is 4.34. The van der Waals surface area contributed by atoms with E-state index in [0.29, 0.717) is 22.4 Å². The fourth-order valence-corrected chi connectivity index (χ4v) is 3.46. The van der Waals surface area contributed by atoms with Crippen molar-refractivity contribution in [2.24, 2.45) is 0 Å². The van der Waals surface area contributed by atoms with E-state index in [9.17, 15) is 4.79 Å². The highest BCUT2D eigenvalue weighted by molar-refractivity contribution is 7.17. The van der Waals surface area contributed by atoms with Gasteiger partial charge in [-0.1, -0.05) is 23.2 Å². The molecule has 6 heteroatoms. The number of carbonyl (C=O) groups is 1. The Hall–Kier alpha value is -1.23. The summed E-state index contributed by atoms with van der Waals surface area (Å²) < 4.78 is 5.55. The van der Waals surface area contributed by atoms with Gasteiger partial charge in [0.05, 0.1) is 5.02 Å². The molecule has 0 unspecified atom stereocenters. The molecule has 0 saturated carbocycles. The lowest BCUT2D eigenvalue weighted by atomic mass is 10.1. The van der Waals surface area contributed by atoms with Crippen LogP contribution < -0.4 is 4.74 Å². The first kappa shape index (κ1) is 11.8. The second kappa shape index (κ2) is 4.16. The van der Waals surface area contributed by atoms with E-state index in [1.54, 1.807) is 18.2 Å². The van der Waals surface area contributed by atoms with Gasteiger partial charge in [0.1, 0.15) is 17.2 Å². The van der Waals surface area contributed by atoms with E-state index in [1.165, 1.54) is 11.3 Å². The summed E-state index contributed by atoms with van der Waals surface area (Å²) in [5.74, 6) is -0.378. The van der Waals surface area contributed by atoms with Crippen molar-refractivity contribution >= 4 is 40.5 Å². The first-order valence-corrected chi connectivity index (χ1v) is 6.61. The third kappa shape index (κ3) is 1.77. The van der Waals surface area contributed by atoms with Crippen LogP contribution in [0, 0.1) is 0 Å². The molecule has 3 nitrogen and oxygen atoms in total. The van der Waals surface area contributed by atoms with E-state index >= 15 is 0 Å². The van der Waals surface area contributed by atoms with Crippen LogP contribution in [0.5, 0.6) is 5.75 Å². The van der Waals surface area contributed by atoms with Crippen LogP contribution in [0.4, 0.5) is 0 Å². The summed E-state index contributed by atoms with van der Waals surface area (Å²) >= 11 is 13.2. The SMILES string of the molecule is O=C(O)c1cc2c(s1)-c1cc(Cl)cc(Cl)c1OC2. The monoisotopic (exact) mass is 300 g/mol. The Labute approximate surface area is 117 Å². The van der Waals surface area contributed by atoms with E-state index in [0.717, 1.165) is 16.0 Å². The molecule has 18 heavy (non-hydrogen) atoms. The highest BCUT2D eigenvalue weighted by atomic mass is 35.5. The van der Waals surface area contributed by atoms with Crippen LogP contribution in [0.25, 0.3) is 10.4 Å². The van der Waals surface area contributed by atoms with Crippen molar-refractivity contribution in [1.29, 1.82) is 0 Å². The fraction of sp³-hybridized carbons (Fsp3) is 0.0833. The van der Waals surface area contributed by atoms with Gasteiger partial charge < -0.3 is 9.84 Å². The molecule has 3 rings (SSSR count). The molecule has 0 fully saturated rings. The Balaban J connectivity index is 2.24. The minimum atomic E-state index is -0.941. The quantitative estimate of drug-likeness (QED) is 0.853. The summed E-state index contributed by atoms with van der Waals surface area (Å²) in [7, 11) is 0. The van der Waals surface area contributed by atoms with E-state index in [1.807, 2.05) is 0 Å². The molecule has 0 aliphatic carbocycles. The molecule has 0 radical (unpaired) electrons. The largest absolute Gasteiger partial charge is 0.487 e. The molecule has 1 aromatic heterocycles. The molecular weight excluding hydrogens is 295 g/mol. The van der Waals surface area contributed by atoms with E-state index in [2.05, 4.69) is 0 Å². The normalized spacial score (nSPS) is 12.6. The lowest BCUT2D eigenvalue weighted by Crippen LogP contribution is -2.03. The molecule has 1 N–H and O–H groups in total. The summed E-state index contributed by atoms with van der Waals surface area (Å²) in [6, 6.07) is 4.97. The standard InChI is InChI=1S/C12H6Cl2O3S/c13-6-2-7-10(8(14)3-6)17-4-5-1-9(12(15)16)18-11(5)7/h1-3H,4H2,(H,15,16). The van der Waals surface area contributed by atoms with Crippen molar-refractivity contribution in [2.75, 3.05) is 0 Å². The number of carboxylic acid groups (broad SMARTS) is 1. The number of hydrogen-bond donors (Lipinski definition) is 1. The van der Waals surface area contributed by atoms with Crippen molar-refractivity contribution < 1.29 is 14.6 Å². The summed E-state index contributed by atoms with van der Waals surface area (Å²) in [4.78, 5) is 12.1. The molecular formula is C12H6Cl2O3S. The second-order valence-corrected chi connectivity index (χ2v) is 5.72. The van der Waals surface area contributed by atoms with Gasteiger partial charge in [-0.05, 0) is 18.2 Å². The van der Waals surface area contributed by atoms with Gasteiger partial charge in [0.2, 0.25) is 0 Å². The molecule has 92 valence electrons. The smallest absolute Gasteiger partial charge is 0.345 e. The predicted molar refractivity (Wildman–Crippen MR) is 71.1 cm³/mol. The van der Waals surface area contributed by atoms with Crippen molar-refractivity contribution in [2.45, 2.75) is 6.61 Å². The second-order valence-electron chi connectivity index (χ2n) is 3.82. The number of ether oxygens (including phenoxy) is 1. The van der Waals surface area contributed by atoms with Crippen molar-refractivity contribution in [3.63, 3.8) is 0 Å². The summed E-state index contributed by atoms with van der Waals surface area (Å²) in [6.07, 6.45) is 0. The maximum atomic E-state index is 11.0. The van der Waals surface area contributed by atoms with Crippen LogP contribution in [0.2, 0.25) is 10.0 Å². The molecule has 2 aromatic rings. The minimum Gasteiger partial charge on any atom is -0.487 e. The zero-order valence-electron chi connectivity index (χ0n) is 8.87. The number of hydrogen-bond acceptors (Lipinski definition) is 3. The Morgan fingerprint density at radius 3 is 2.83 bits per heavy atom. The number of carboxylic acids is 1. The van der Waals surface area contributed by atoms with Crippen LogP contribution in [-0.4, -0.2) is 11.1 Å². The highest BCUT2D eigenvalue weighted by Gasteiger charge is 2.24. The van der Waals surface area contributed by atoms with Gasteiger partial charge in [0.25, 0.3) is 0 Å². The van der Waals surface area contributed by atoms with Gasteiger partial charge in [-0.2, -0.15) is 0 Å². The number of fused-ring (bicyclic) bond motifs is 3. The zero-order chi connectivity index (χ0) is 12.9. The average Bonchev–Trinajstić information content (AvgIpc) is 2.72. The first-order chi connectivity index (χ1) is 8.56. The molecule has 1 aromatic carbocycles. The summed E-state index contributed by atoms with van der Waals surface area (Å²) in [5.41, 5.74) is 1.61. The third-order valence-electron chi connectivity index (χ3n) is 2.64. The van der Waals surface area contributed by atoms with Gasteiger partial charge in [0.15, 0.2) is 0 Å². The van der Waals surface area contributed by atoms with Crippen molar-refractivity contribution in [1.82, 2.24) is 0 Å². The van der Waals surface area contributed by atoms with Crippen LogP contribution in [-0.2, 0) is 6.61 Å². The van der Waals surface area contributed by atoms with E-state index in [4.69, 9.17) is 33.0 Å². The molecule has 0 spiro atoms. The Kier molecular flexibility index (Phi) is 2.73. The number of halogens is 2. The number of aromatic carboxylic acids is 1. The first-order valence-electron chi connectivity index (χ1n) is 5.04. The molecule has 0 bridgehead atoms. The molecule has 2 heterocycles. The number of thiophene rings is 1. The van der Waals surface area contributed by atoms with Gasteiger partial charge in [-0.3, -0.25) is 0 Å². The fourth-order valence-electron chi connectivity index (χ4n) is 1.89. The van der Waals surface area contributed by atoms with Gasteiger partial charge in [-0.25, -0.2) is 4.79 Å². The summed E-state index contributed by atoms with van der Waals surface area (Å²) in [5, 5.41) is 9.95. The van der Waals surface area contributed by atoms with Crippen molar-refractivity contribution in [3.8, 4) is 16.2 Å². The van der Waals surface area contributed by atoms with Crippen LogP contribution >= 0.6 is 34.5 Å². The molecule has 0 atom stereocenters. The van der Waals surface area contributed by atoms with Crippen LogP contribution in [0.1, 0.15) is 15.2 Å². The average molecular weight is 301 g/mol. The Morgan fingerprint density at radius 1 is 1.33 bits per heavy atom. The zero-order valence-corrected chi connectivity index (χ0v) is 11.2. The lowest BCUT2D eigenvalue weighted by molar-refractivity contribution is 0.0702. The van der Waals surface area contributed by atoms with Crippen LogP contribution in [0.3, 0.4) is 0 Å². The molecule has 1 aliphatic rings. The maximum Gasteiger partial charge on any atom is 0.345 e. The predicted octanol–water partition coefficient (Wildman–Crippen LogP) is 4.31. The minimum absolute atomic E-state index is 0.285. The van der Waals surface area contributed by atoms with E-state index in [-0.39, 0.29) is 4.88 Å². The molecule has 0 amide bonds. The number of rotatable bonds is 1. The van der Waals surface area contributed by atoms with Gasteiger partial charge in [0, 0.05) is 21.0 Å². The Morgan fingerprint density at radius 2 is 2.11 bits per heavy atom.